The van der Waals surface area contributed by atoms with Gasteiger partial charge < -0.3 is 20.7 Å². The zero-order chi connectivity index (χ0) is 28.4. The van der Waals surface area contributed by atoms with Crippen molar-refractivity contribution in [3.63, 3.8) is 0 Å². The Morgan fingerprint density at radius 1 is 1.03 bits per heavy atom. The Morgan fingerprint density at radius 2 is 1.59 bits per heavy atom. The largest absolute Gasteiger partial charge is 0.379 e. The molecule has 1 aliphatic rings. The molecule has 39 heavy (non-hydrogen) atoms. The molecule has 4 amide bonds. The number of nitrogens with zero attached hydrogens (tertiary/aromatic N) is 1. The van der Waals surface area contributed by atoms with Crippen LogP contribution >= 0.6 is 0 Å². The van der Waals surface area contributed by atoms with Gasteiger partial charge in [-0.1, -0.05) is 24.0 Å². The molecule has 1 heterocycles. The highest BCUT2D eigenvalue weighted by molar-refractivity contribution is 5.98. The van der Waals surface area contributed by atoms with Crippen LogP contribution in [0.5, 0.6) is 0 Å². The molecule has 0 bridgehead atoms. The van der Waals surface area contributed by atoms with Crippen molar-refractivity contribution >= 4 is 17.8 Å². The molecular formula is C27H31F2N5O5. The predicted molar refractivity (Wildman–Crippen MR) is 138 cm³/mol. The highest BCUT2D eigenvalue weighted by Crippen LogP contribution is 2.21. The minimum Gasteiger partial charge on any atom is -0.379 e. The number of carbonyl (C=O) groups is 3. The molecule has 0 spiro atoms. The standard InChI is InChI=1S/C27H31F2N5O5/c1-27(25(28)29,32-26(37)30-2)22(24(36)33-38)31-23(35)21-11-9-19(10-12-21)4-3-18-5-7-20(8-6-18)17-34-13-15-39-16-14-34/h5-12,22,25,38H,13-17H2,1-2H3,(H,31,35)(H,33,36)(H2,30,32,37). The summed E-state index contributed by atoms with van der Waals surface area (Å²) in [6.07, 6.45) is -3.27. The average molecular weight is 544 g/mol. The molecule has 0 aromatic heterocycles. The number of nitrogens with one attached hydrogen (secondary N) is 4. The second-order valence-corrected chi connectivity index (χ2v) is 9.08. The van der Waals surface area contributed by atoms with Crippen molar-refractivity contribution in [2.75, 3.05) is 33.4 Å². The van der Waals surface area contributed by atoms with Gasteiger partial charge in [0.25, 0.3) is 18.2 Å². The summed E-state index contributed by atoms with van der Waals surface area (Å²) in [7, 11) is 1.20. The van der Waals surface area contributed by atoms with Crippen LogP contribution in [-0.2, 0) is 16.1 Å². The summed E-state index contributed by atoms with van der Waals surface area (Å²) >= 11 is 0. The van der Waals surface area contributed by atoms with E-state index in [1.165, 1.54) is 30.2 Å². The van der Waals surface area contributed by atoms with E-state index in [2.05, 4.69) is 27.4 Å². The highest BCUT2D eigenvalue weighted by atomic mass is 19.3. The van der Waals surface area contributed by atoms with Crippen LogP contribution in [0.4, 0.5) is 13.6 Å². The summed E-state index contributed by atoms with van der Waals surface area (Å²) in [5.41, 5.74) is 1.37. The molecule has 1 aliphatic heterocycles. The lowest BCUT2D eigenvalue weighted by molar-refractivity contribution is -0.135. The Balaban J connectivity index is 1.67. The van der Waals surface area contributed by atoms with E-state index in [1.54, 1.807) is 12.1 Å². The molecule has 1 saturated heterocycles. The molecular weight excluding hydrogens is 512 g/mol. The molecule has 1 fully saturated rings. The summed E-state index contributed by atoms with van der Waals surface area (Å²) in [6.45, 7) is 5.02. The Morgan fingerprint density at radius 3 is 2.10 bits per heavy atom. The van der Waals surface area contributed by atoms with Gasteiger partial charge in [0, 0.05) is 43.4 Å². The van der Waals surface area contributed by atoms with Crippen molar-refractivity contribution in [1.29, 1.82) is 0 Å². The van der Waals surface area contributed by atoms with E-state index in [4.69, 9.17) is 9.94 Å². The van der Waals surface area contributed by atoms with Crippen molar-refractivity contribution in [1.82, 2.24) is 26.3 Å². The number of morpholine rings is 1. The van der Waals surface area contributed by atoms with Gasteiger partial charge in [0.1, 0.15) is 11.6 Å². The third-order valence-electron chi connectivity index (χ3n) is 6.27. The van der Waals surface area contributed by atoms with Crippen LogP contribution in [0, 0.1) is 11.8 Å². The van der Waals surface area contributed by atoms with Gasteiger partial charge in [-0.3, -0.25) is 19.7 Å². The van der Waals surface area contributed by atoms with Gasteiger partial charge in [0.2, 0.25) is 0 Å². The minimum absolute atomic E-state index is 0.0558. The SMILES string of the molecule is CNC(=O)NC(C)(C(F)F)C(NC(=O)c1ccc(C#Cc2ccc(CN3CCOCC3)cc2)cc1)C(=O)NO. The first-order valence-corrected chi connectivity index (χ1v) is 12.2. The number of halogens is 2. The number of hydrogen-bond acceptors (Lipinski definition) is 6. The zero-order valence-corrected chi connectivity index (χ0v) is 21.6. The van der Waals surface area contributed by atoms with Crippen LogP contribution < -0.4 is 21.4 Å². The van der Waals surface area contributed by atoms with Gasteiger partial charge in [-0.25, -0.2) is 19.1 Å². The fraction of sp³-hybridized carbons (Fsp3) is 0.370. The number of ether oxygens (including phenoxy) is 1. The smallest absolute Gasteiger partial charge is 0.315 e. The Labute approximate surface area is 225 Å². The quantitative estimate of drug-likeness (QED) is 0.195. The van der Waals surface area contributed by atoms with Crippen LogP contribution in [0.25, 0.3) is 0 Å². The summed E-state index contributed by atoms with van der Waals surface area (Å²) < 4.78 is 33.2. The number of urea groups is 1. The molecule has 3 rings (SSSR count). The molecule has 0 radical (unpaired) electrons. The molecule has 2 unspecified atom stereocenters. The number of hydrogen-bond donors (Lipinski definition) is 5. The Kier molecular flexibility index (Phi) is 10.3. The molecule has 2 aromatic carbocycles. The molecule has 5 N–H and O–H groups in total. The van der Waals surface area contributed by atoms with E-state index in [0.717, 1.165) is 45.3 Å². The van der Waals surface area contributed by atoms with Crippen molar-refractivity contribution in [2.24, 2.45) is 0 Å². The van der Waals surface area contributed by atoms with E-state index in [0.29, 0.717) is 5.56 Å². The van der Waals surface area contributed by atoms with Gasteiger partial charge in [0.05, 0.1) is 13.2 Å². The van der Waals surface area contributed by atoms with E-state index in [-0.39, 0.29) is 5.56 Å². The maximum atomic E-state index is 13.9. The maximum absolute atomic E-state index is 13.9. The van der Waals surface area contributed by atoms with Crippen LogP contribution in [0.2, 0.25) is 0 Å². The van der Waals surface area contributed by atoms with Crippen molar-refractivity contribution in [3.05, 3.63) is 70.8 Å². The molecule has 2 aromatic rings. The average Bonchev–Trinajstić information content (AvgIpc) is 2.95. The lowest BCUT2D eigenvalue weighted by Crippen LogP contribution is -2.69. The van der Waals surface area contributed by atoms with Crippen LogP contribution in [0.3, 0.4) is 0 Å². The monoisotopic (exact) mass is 543 g/mol. The summed E-state index contributed by atoms with van der Waals surface area (Å²) in [6, 6.07) is 10.9. The first kappa shape index (κ1) is 29.5. The van der Waals surface area contributed by atoms with E-state index in [9.17, 15) is 23.2 Å². The van der Waals surface area contributed by atoms with Gasteiger partial charge in [-0.2, -0.15) is 0 Å². The fourth-order valence-corrected chi connectivity index (χ4v) is 3.89. The van der Waals surface area contributed by atoms with Gasteiger partial charge in [-0.15, -0.1) is 0 Å². The van der Waals surface area contributed by atoms with Gasteiger partial charge in [0.15, 0.2) is 0 Å². The predicted octanol–water partition coefficient (Wildman–Crippen LogP) is 1.48. The second-order valence-electron chi connectivity index (χ2n) is 9.08. The number of hydroxylamine groups is 1. The number of rotatable bonds is 8. The van der Waals surface area contributed by atoms with Crippen LogP contribution in [-0.4, -0.2) is 79.3 Å². The fourth-order valence-electron chi connectivity index (χ4n) is 3.89. The van der Waals surface area contributed by atoms with Crippen molar-refractivity contribution in [2.45, 2.75) is 31.5 Å². The second kappa shape index (κ2) is 13.7. The molecule has 0 aliphatic carbocycles. The summed E-state index contributed by atoms with van der Waals surface area (Å²) in [4.78, 5) is 39.0. The first-order chi connectivity index (χ1) is 18.7. The van der Waals surface area contributed by atoms with Gasteiger partial charge in [-0.05, 0) is 48.9 Å². The third kappa shape index (κ3) is 7.97. The minimum atomic E-state index is -3.27. The molecule has 0 saturated carbocycles. The summed E-state index contributed by atoms with van der Waals surface area (Å²) in [5, 5.41) is 15.3. The van der Waals surface area contributed by atoms with Crippen LogP contribution in [0.1, 0.15) is 34.0 Å². The lowest BCUT2D eigenvalue weighted by atomic mass is 9.91. The normalized spacial score (nSPS) is 15.7. The number of benzene rings is 2. The van der Waals surface area contributed by atoms with E-state index >= 15 is 0 Å². The molecule has 2 atom stereocenters. The number of amides is 4. The number of alkyl halides is 2. The number of carbonyl (C=O) groups excluding carboxylic acids is 3. The van der Waals surface area contributed by atoms with Gasteiger partial charge >= 0.3 is 6.03 Å². The van der Waals surface area contributed by atoms with E-state index < -0.39 is 35.9 Å². The van der Waals surface area contributed by atoms with Crippen molar-refractivity contribution in [3.8, 4) is 11.8 Å². The zero-order valence-electron chi connectivity index (χ0n) is 21.6. The molecule has 10 nitrogen and oxygen atoms in total. The van der Waals surface area contributed by atoms with Crippen LogP contribution in [0.15, 0.2) is 48.5 Å². The molecule has 208 valence electrons. The lowest BCUT2D eigenvalue weighted by Gasteiger charge is -2.36. The first-order valence-electron chi connectivity index (χ1n) is 12.2. The Hall–Kier alpha value is -4.05. The Bertz CT molecular complexity index is 1210. The molecule has 12 heteroatoms. The third-order valence-corrected chi connectivity index (χ3v) is 6.27. The summed E-state index contributed by atoms with van der Waals surface area (Å²) in [5.74, 6) is 3.86. The highest BCUT2D eigenvalue weighted by Gasteiger charge is 2.48. The maximum Gasteiger partial charge on any atom is 0.315 e. The topological polar surface area (TPSA) is 132 Å². The van der Waals surface area contributed by atoms with Crippen molar-refractivity contribution < 1.29 is 33.1 Å². The van der Waals surface area contributed by atoms with E-state index in [1.807, 2.05) is 29.6 Å².